The molecule has 0 radical (unpaired) electrons. The lowest BCUT2D eigenvalue weighted by molar-refractivity contribution is -0.142. The van der Waals surface area contributed by atoms with Crippen LogP contribution in [0.5, 0.6) is 0 Å². The van der Waals surface area contributed by atoms with Gasteiger partial charge in [-0.1, -0.05) is 6.07 Å². The molecule has 0 spiro atoms. The van der Waals surface area contributed by atoms with Gasteiger partial charge >= 0.3 is 12.1 Å². The molecule has 1 aliphatic carbocycles. The highest BCUT2D eigenvalue weighted by Gasteiger charge is 2.27. The topological polar surface area (TPSA) is 100 Å². The Labute approximate surface area is 174 Å². The third-order valence-corrected chi connectivity index (χ3v) is 5.17. The molecule has 0 unspecified atom stereocenters. The van der Waals surface area contributed by atoms with Crippen molar-refractivity contribution in [2.75, 3.05) is 31.3 Å². The van der Waals surface area contributed by atoms with Crippen LogP contribution in [-0.2, 0) is 14.3 Å². The van der Waals surface area contributed by atoms with E-state index in [4.69, 9.17) is 14.6 Å². The highest BCUT2D eigenvalue weighted by molar-refractivity contribution is 6.15. The summed E-state index contributed by atoms with van der Waals surface area (Å²) >= 11 is 0. The molecule has 0 atom stereocenters. The van der Waals surface area contributed by atoms with E-state index < -0.39 is 17.9 Å². The molecule has 9 heteroatoms. The van der Waals surface area contributed by atoms with Crippen LogP contribution in [0.2, 0.25) is 0 Å². The molecule has 0 saturated heterocycles. The third-order valence-electron chi connectivity index (χ3n) is 5.17. The summed E-state index contributed by atoms with van der Waals surface area (Å²) in [5.74, 6) is -0.437. The largest absolute Gasteiger partial charge is 0.480 e. The maximum atomic E-state index is 13.7. The van der Waals surface area contributed by atoms with Gasteiger partial charge < -0.3 is 19.9 Å². The molecular weight excluding hydrogens is 393 g/mol. The SMILES string of the molecule is O=C(O)COC[C@H]1CC[C@H](COC(=O)N(C2=NC=CNC2)c2cccc(F)c2)CC1. The molecule has 1 aliphatic heterocycles. The highest BCUT2D eigenvalue weighted by atomic mass is 19.1. The minimum absolute atomic E-state index is 0.227. The molecule has 8 nitrogen and oxygen atoms in total. The van der Waals surface area contributed by atoms with Crippen LogP contribution in [0.4, 0.5) is 14.9 Å². The molecule has 0 bridgehead atoms. The average Bonchev–Trinajstić information content (AvgIpc) is 2.74. The second kappa shape index (κ2) is 10.7. The molecule has 1 heterocycles. The van der Waals surface area contributed by atoms with Crippen molar-refractivity contribution in [3.63, 3.8) is 0 Å². The zero-order valence-electron chi connectivity index (χ0n) is 16.6. The van der Waals surface area contributed by atoms with Gasteiger partial charge in [-0.05, 0) is 55.7 Å². The van der Waals surface area contributed by atoms with E-state index in [2.05, 4.69) is 10.3 Å². The Balaban J connectivity index is 1.53. The number of carbonyl (C=O) groups excluding carboxylic acids is 1. The number of carbonyl (C=O) groups is 2. The Morgan fingerprint density at radius 3 is 2.57 bits per heavy atom. The van der Waals surface area contributed by atoms with E-state index in [1.54, 1.807) is 12.3 Å². The molecule has 2 aliphatic rings. The minimum atomic E-state index is -0.966. The lowest BCUT2D eigenvalue weighted by Gasteiger charge is -2.29. The fourth-order valence-corrected chi connectivity index (χ4v) is 3.62. The summed E-state index contributed by atoms with van der Waals surface area (Å²) in [5.41, 5.74) is 0.357. The summed E-state index contributed by atoms with van der Waals surface area (Å²) in [6.45, 7) is 0.751. The third kappa shape index (κ3) is 6.28. The zero-order valence-corrected chi connectivity index (χ0v) is 16.6. The number of amidine groups is 1. The van der Waals surface area contributed by atoms with Crippen LogP contribution in [0, 0.1) is 17.7 Å². The number of anilines is 1. The predicted octanol–water partition coefficient (Wildman–Crippen LogP) is 3.15. The van der Waals surface area contributed by atoms with Gasteiger partial charge in [0.2, 0.25) is 0 Å². The zero-order chi connectivity index (χ0) is 21.3. The fourth-order valence-electron chi connectivity index (χ4n) is 3.62. The van der Waals surface area contributed by atoms with Crippen molar-refractivity contribution in [1.82, 2.24) is 5.32 Å². The molecule has 1 fully saturated rings. The minimum Gasteiger partial charge on any atom is -0.480 e. The van der Waals surface area contributed by atoms with E-state index >= 15 is 0 Å². The summed E-state index contributed by atoms with van der Waals surface area (Å²) in [4.78, 5) is 28.9. The Bertz CT molecular complexity index is 806. The number of benzene rings is 1. The number of aliphatic imine (C=N–C) groups is 1. The van der Waals surface area contributed by atoms with Crippen molar-refractivity contribution in [1.29, 1.82) is 0 Å². The number of ether oxygens (including phenoxy) is 2. The van der Waals surface area contributed by atoms with Crippen molar-refractivity contribution in [3.05, 3.63) is 42.5 Å². The maximum absolute atomic E-state index is 13.7. The summed E-state index contributed by atoms with van der Waals surface area (Å²) in [6.07, 6.45) is 6.15. The number of aliphatic carboxylic acids is 1. The molecule has 2 N–H and O–H groups in total. The van der Waals surface area contributed by atoms with Gasteiger partial charge in [-0.15, -0.1) is 0 Å². The van der Waals surface area contributed by atoms with Crippen LogP contribution in [0.25, 0.3) is 0 Å². The van der Waals surface area contributed by atoms with E-state index in [0.717, 1.165) is 25.7 Å². The predicted molar refractivity (Wildman–Crippen MR) is 109 cm³/mol. The van der Waals surface area contributed by atoms with Gasteiger partial charge in [0, 0.05) is 12.4 Å². The molecule has 1 aromatic rings. The first-order valence-corrected chi connectivity index (χ1v) is 10.00. The van der Waals surface area contributed by atoms with E-state index in [-0.39, 0.29) is 19.1 Å². The van der Waals surface area contributed by atoms with Crippen molar-refractivity contribution in [2.24, 2.45) is 16.8 Å². The molecule has 1 aromatic carbocycles. The number of hydrogen-bond donors (Lipinski definition) is 2. The van der Waals surface area contributed by atoms with Crippen LogP contribution < -0.4 is 10.2 Å². The van der Waals surface area contributed by atoms with Crippen LogP contribution in [-0.4, -0.2) is 49.4 Å². The smallest absolute Gasteiger partial charge is 0.419 e. The summed E-state index contributed by atoms with van der Waals surface area (Å²) in [5, 5.41) is 11.6. The number of carboxylic acids is 1. The number of carboxylic acid groups (broad SMARTS) is 1. The van der Waals surface area contributed by atoms with Crippen LogP contribution >= 0.6 is 0 Å². The Hall–Kier alpha value is -2.94. The van der Waals surface area contributed by atoms with Gasteiger partial charge in [-0.25, -0.2) is 23.9 Å². The van der Waals surface area contributed by atoms with Gasteiger partial charge in [0.15, 0.2) is 0 Å². The Kier molecular flexibility index (Phi) is 7.78. The van der Waals surface area contributed by atoms with Gasteiger partial charge in [0.25, 0.3) is 0 Å². The van der Waals surface area contributed by atoms with E-state index in [1.165, 1.54) is 29.3 Å². The summed E-state index contributed by atoms with van der Waals surface area (Å²) in [6, 6.07) is 5.75. The first-order chi connectivity index (χ1) is 14.5. The summed E-state index contributed by atoms with van der Waals surface area (Å²) in [7, 11) is 0. The molecular formula is C21H26FN3O5. The van der Waals surface area contributed by atoms with Crippen LogP contribution in [0.15, 0.2) is 41.7 Å². The average molecular weight is 419 g/mol. The van der Waals surface area contributed by atoms with Gasteiger partial charge in [-0.2, -0.15) is 0 Å². The normalized spacial score (nSPS) is 20.8. The Morgan fingerprint density at radius 2 is 1.93 bits per heavy atom. The summed E-state index contributed by atoms with van der Waals surface area (Å²) < 4.78 is 24.5. The van der Waals surface area contributed by atoms with Crippen molar-refractivity contribution < 1.29 is 28.6 Å². The van der Waals surface area contributed by atoms with E-state index in [1.807, 2.05) is 0 Å². The van der Waals surface area contributed by atoms with Gasteiger partial charge in [-0.3, -0.25) is 0 Å². The first kappa shape index (κ1) is 21.8. The van der Waals surface area contributed by atoms with Crippen LogP contribution in [0.3, 0.4) is 0 Å². The standard InChI is InChI=1S/C21H26FN3O5/c22-17-2-1-3-18(10-17)25(19-11-23-8-9-24-19)21(28)30-13-16-6-4-15(5-7-16)12-29-14-20(26)27/h1-3,8-10,15-16,23H,4-7,11-14H2,(H,26,27)/t15-,16-. The molecule has 1 saturated carbocycles. The number of nitrogens with one attached hydrogen (secondary N) is 1. The monoisotopic (exact) mass is 419 g/mol. The fraction of sp³-hybridized carbons (Fsp3) is 0.476. The Morgan fingerprint density at radius 1 is 1.20 bits per heavy atom. The van der Waals surface area contributed by atoms with Gasteiger partial charge in [0.1, 0.15) is 18.3 Å². The lowest BCUT2D eigenvalue weighted by atomic mass is 9.83. The highest BCUT2D eigenvalue weighted by Crippen LogP contribution is 2.29. The molecule has 3 rings (SSSR count). The van der Waals surface area contributed by atoms with E-state index in [0.29, 0.717) is 30.6 Å². The number of amides is 1. The number of rotatable bonds is 7. The van der Waals surface area contributed by atoms with Crippen molar-refractivity contribution in [2.45, 2.75) is 25.7 Å². The molecule has 0 aromatic heterocycles. The number of halogens is 1. The lowest BCUT2D eigenvalue weighted by Crippen LogP contribution is -2.43. The van der Waals surface area contributed by atoms with E-state index in [9.17, 15) is 14.0 Å². The molecule has 30 heavy (non-hydrogen) atoms. The second-order valence-electron chi connectivity index (χ2n) is 7.43. The van der Waals surface area contributed by atoms with Crippen LogP contribution in [0.1, 0.15) is 25.7 Å². The molecule has 1 amide bonds. The maximum Gasteiger partial charge on any atom is 0.419 e. The quantitative estimate of drug-likeness (QED) is 0.704. The van der Waals surface area contributed by atoms with Crippen molar-refractivity contribution >= 4 is 23.6 Å². The number of nitrogens with zero attached hydrogens (tertiary/aromatic N) is 2. The number of hydrogen-bond acceptors (Lipinski definition) is 6. The van der Waals surface area contributed by atoms with Crippen molar-refractivity contribution in [3.8, 4) is 0 Å². The molecule has 162 valence electrons. The first-order valence-electron chi connectivity index (χ1n) is 10.00. The van der Waals surface area contributed by atoms with Gasteiger partial charge in [0.05, 0.1) is 25.4 Å². The second-order valence-corrected chi connectivity index (χ2v) is 7.43.